The van der Waals surface area contributed by atoms with Crippen LogP contribution in [0.5, 0.6) is 0 Å². The lowest BCUT2D eigenvalue weighted by Gasteiger charge is -2.18. The third-order valence-corrected chi connectivity index (χ3v) is 5.38. The fraction of sp³-hybridized carbons (Fsp3) is 0.273. The number of para-hydroxylation sites is 1. The number of thioether (sulfide) groups is 1. The Bertz CT molecular complexity index is 922. The Hall–Kier alpha value is -2.75. The summed E-state index contributed by atoms with van der Waals surface area (Å²) >= 11 is 1.75. The largest absolute Gasteiger partial charge is 0.462 e. The van der Waals surface area contributed by atoms with E-state index in [9.17, 15) is 10.1 Å². The fourth-order valence-corrected chi connectivity index (χ4v) is 4.13. The maximum atomic E-state index is 11.8. The molecule has 0 N–H and O–H groups in total. The predicted molar refractivity (Wildman–Crippen MR) is 111 cm³/mol. The summed E-state index contributed by atoms with van der Waals surface area (Å²) in [5, 5.41) is 10.4. The van der Waals surface area contributed by atoms with E-state index in [1.54, 1.807) is 18.7 Å². The molecule has 0 radical (unpaired) electrons. The van der Waals surface area contributed by atoms with Crippen molar-refractivity contribution in [2.75, 3.05) is 31.3 Å². The summed E-state index contributed by atoms with van der Waals surface area (Å²) in [6, 6.07) is 10.3. The summed E-state index contributed by atoms with van der Waals surface area (Å²) in [6.07, 6.45) is 7.61. The summed E-state index contributed by atoms with van der Waals surface area (Å²) in [5.41, 5.74) is 2.97. The van der Waals surface area contributed by atoms with Crippen LogP contribution in [0, 0.1) is 11.3 Å². The van der Waals surface area contributed by atoms with Crippen molar-refractivity contribution >= 4 is 23.4 Å². The molecule has 0 aliphatic carbocycles. The van der Waals surface area contributed by atoms with Gasteiger partial charge >= 0.3 is 5.97 Å². The number of ether oxygens (including phenoxy) is 2. The van der Waals surface area contributed by atoms with E-state index in [1.165, 1.54) is 16.7 Å². The molecule has 3 rings (SSSR count). The highest BCUT2D eigenvalue weighted by Gasteiger charge is 2.22. The number of rotatable bonds is 5. The molecule has 144 valence electrons. The van der Waals surface area contributed by atoms with Crippen molar-refractivity contribution in [1.82, 2.24) is 0 Å². The van der Waals surface area contributed by atoms with Crippen molar-refractivity contribution in [1.29, 1.82) is 5.26 Å². The SMILES string of the molecule is CCOC(=O)/C(C#N)=C\C1=CC(=C/C=C2\Sc3ccccc3N2CC)/COC1. The van der Waals surface area contributed by atoms with Crippen molar-refractivity contribution in [2.24, 2.45) is 0 Å². The maximum Gasteiger partial charge on any atom is 0.348 e. The van der Waals surface area contributed by atoms with Gasteiger partial charge in [0.1, 0.15) is 11.6 Å². The molecule has 0 fully saturated rings. The van der Waals surface area contributed by atoms with Crippen LogP contribution in [0.4, 0.5) is 5.69 Å². The van der Waals surface area contributed by atoms with Gasteiger partial charge < -0.3 is 14.4 Å². The van der Waals surface area contributed by atoms with Gasteiger partial charge in [-0.05, 0) is 49.3 Å². The van der Waals surface area contributed by atoms with Gasteiger partial charge in [-0.2, -0.15) is 5.26 Å². The van der Waals surface area contributed by atoms with Gasteiger partial charge in [0.25, 0.3) is 0 Å². The first kappa shape index (κ1) is 20.0. The van der Waals surface area contributed by atoms with Crippen LogP contribution in [0.1, 0.15) is 13.8 Å². The molecule has 0 aromatic heterocycles. The monoisotopic (exact) mass is 394 g/mol. The minimum absolute atomic E-state index is 0.0183. The van der Waals surface area contributed by atoms with E-state index in [0.29, 0.717) is 13.2 Å². The number of anilines is 1. The Labute approximate surface area is 169 Å². The minimum atomic E-state index is -0.608. The first-order chi connectivity index (χ1) is 13.7. The smallest absolute Gasteiger partial charge is 0.348 e. The second kappa shape index (κ2) is 9.45. The first-order valence-electron chi connectivity index (χ1n) is 9.18. The number of fused-ring (bicyclic) bond motifs is 1. The van der Waals surface area contributed by atoms with E-state index in [4.69, 9.17) is 9.47 Å². The molecular formula is C22H22N2O3S. The molecule has 0 saturated heterocycles. The number of hydrogen-bond donors (Lipinski definition) is 0. The van der Waals surface area contributed by atoms with E-state index in [0.717, 1.165) is 22.7 Å². The number of nitrogens with zero attached hydrogens (tertiary/aromatic N) is 2. The normalized spacial score (nSPS) is 19.4. The molecule has 6 heteroatoms. The lowest BCUT2D eigenvalue weighted by molar-refractivity contribution is -0.138. The van der Waals surface area contributed by atoms with E-state index in [2.05, 4.69) is 36.1 Å². The van der Waals surface area contributed by atoms with Crippen LogP contribution in [-0.4, -0.2) is 32.3 Å². The van der Waals surface area contributed by atoms with Crippen LogP contribution < -0.4 is 4.90 Å². The number of carbonyl (C=O) groups excluding carboxylic acids is 1. The summed E-state index contributed by atoms with van der Waals surface area (Å²) in [5.74, 6) is -0.608. The number of hydrogen-bond acceptors (Lipinski definition) is 6. The molecule has 5 nitrogen and oxygen atoms in total. The Morgan fingerprint density at radius 1 is 1.32 bits per heavy atom. The summed E-state index contributed by atoms with van der Waals surface area (Å²) in [4.78, 5) is 15.3. The van der Waals surface area contributed by atoms with Crippen molar-refractivity contribution in [3.63, 3.8) is 0 Å². The first-order valence-corrected chi connectivity index (χ1v) is 10.0. The lowest BCUT2D eigenvalue weighted by Crippen LogP contribution is -2.16. The molecule has 1 aromatic carbocycles. The molecule has 2 aliphatic rings. The summed E-state index contributed by atoms with van der Waals surface area (Å²) in [6.45, 7) is 5.83. The van der Waals surface area contributed by atoms with Crippen molar-refractivity contribution in [2.45, 2.75) is 18.7 Å². The quantitative estimate of drug-likeness (QED) is 0.420. The average molecular weight is 394 g/mol. The maximum absolute atomic E-state index is 11.8. The van der Waals surface area contributed by atoms with Crippen LogP contribution in [-0.2, 0) is 14.3 Å². The zero-order chi connectivity index (χ0) is 19.9. The Morgan fingerprint density at radius 2 is 2.14 bits per heavy atom. The molecule has 0 atom stereocenters. The minimum Gasteiger partial charge on any atom is -0.462 e. The van der Waals surface area contributed by atoms with Gasteiger partial charge in [-0.25, -0.2) is 4.79 Å². The third-order valence-electron chi connectivity index (χ3n) is 4.25. The lowest BCUT2D eigenvalue weighted by atomic mass is 10.1. The van der Waals surface area contributed by atoms with Crippen LogP contribution in [0.3, 0.4) is 0 Å². The van der Waals surface area contributed by atoms with Crippen molar-refractivity contribution in [3.8, 4) is 6.07 Å². The molecule has 2 aliphatic heterocycles. The molecule has 28 heavy (non-hydrogen) atoms. The van der Waals surface area contributed by atoms with Gasteiger partial charge in [0.05, 0.1) is 30.5 Å². The van der Waals surface area contributed by atoms with Crippen molar-refractivity contribution in [3.05, 3.63) is 70.3 Å². The highest BCUT2D eigenvalue weighted by Crippen LogP contribution is 2.45. The zero-order valence-corrected chi connectivity index (χ0v) is 16.8. The topological polar surface area (TPSA) is 62.6 Å². The van der Waals surface area contributed by atoms with Gasteiger partial charge in [0.15, 0.2) is 0 Å². The predicted octanol–water partition coefficient (Wildman–Crippen LogP) is 4.36. The van der Waals surface area contributed by atoms with Gasteiger partial charge in [-0.15, -0.1) is 0 Å². The van der Waals surface area contributed by atoms with Gasteiger partial charge in [0.2, 0.25) is 0 Å². The molecule has 0 bridgehead atoms. The van der Waals surface area contributed by atoms with Crippen LogP contribution in [0.2, 0.25) is 0 Å². The molecule has 0 spiro atoms. The fourth-order valence-electron chi connectivity index (χ4n) is 3.00. The van der Waals surface area contributed by atoms with Crippen LogP contribution in [0.25, 0.3) is 0 Å². The Kier molecular flexibility index (Phi) is 6.75. The van der Waals surface area contributed by atoms with Gasteiger partial charge in [-0.3, -0.25) is 0 Å². The van der Waals surface area contributed by atoms with E-state index in [-0.39, 0.29) is 12.2 Å². The van der Waals surface area contributed by atoms with Gasteiger partial charge in [-0.1, -0.05) is 36.0 Å². The van der Waals surface area contributed by atoms with Gasteiger partial charge in [0, 0.05) is 11.4 Å². The summed E-state index contributed by atoms with van der Waals surface area (Å²) < 4.78 is 10.5. The molecule has 1 aromatic rings. The molecular weight excluding hydrogens is 372 g/mol. The third kappa shape index (κ3) is 4.56. The second-order valence-electron chi connectivity index (χ2n) is 6.16. The standard InChI is InChI=1S/C22H22N2O3S/c1-3-24-19-7-5-6-8-20(19)28-21(24)10-9-16-11-17(15-26-14-16)12-18(13-23)22(25)27-4-2/h5-12H,3-4,14-15H2,1-2H3/b16-9-,18-12-,21-10-. The number of esters is 1. The average Bonchev–Trinajstić information content (AvgIpc) is 3.08. The highest BCUT2D eigenvalue weighted by atomic mass is 32.2. The molecule has 0 unspecified atom stereocenters. The van der Waals surface area contributed by atoms with Crippen LogP contribution >= 0.6 is 11.8 Å². The second-order valence-corrected chi connectivity index (χ2v) is 7.23. The number of benzene rings is 1. The number of carbonyl (C=O) groups is 1. The Balaban J connectivity index is 1.81. The molecule has 0 saturated carbocycles. The molecule has 2 heterocycles. The van der Waals surface area contributed by atoms with E-state index >= 15 is 0 Å². The zero-order valence-electron chi connectivity index (χ0n) is 16.0. The van der Waals surface area contributed by atoms with Crippen molar-refractivity contribution < 1.29 is 14.3 Å². The summed E-state index contributed by atoms with van der Waals surface area (Å²) in [7, 11) is 0. The highest BCUT2D eigenvalue weighted by molar-refractivity contribution is 8.03. The Morgan fingerprint density at radius 3 is 2.89 bits per heavy atom. The van der Waals surface area contributed by atoms with E-state index < -0.39 is 5.97 Å². The molecule has 0 amide bonds. The number of nitriles is 1. The van der Waals surface area contributed by atoms with E-state index in [1.807, 2.05) is 24.3 Å². The number of allylic oxidation sites excluding steroid dienone is 2. The van der Waals surface area contributed by atoms with Crippen LogP contribution in [0.15, 0.2) is 75.2 Å².